The van der Waals surface area contributed by atoms with Gasteiger partial charge in [-0.15, -0.1) is 0 Å². The summed E-state index contributed by atoms with van der Waals surface area (Å²) < 4.78 is 1.84. The number of benzene rings is 2. The van der Waals surface area contributed by atoms with E-state index in [2.05, 4.69) is 5.10 Å². The molecule has 4 aromatic rings. The lowest BCUT2D eigenvalue weighted by atomic mass is 10.00. The molecule has 0 spiro atoms. The third-order valence-electron chi connectivity index (χ3n) is 5.56. The molecule has 0 aliphatic heterocycles. The number of carbonyl (C=O) groups excluding carboxylic acids is 1. The summed E-state index contributed by atoms with van der Waals surface area (Å²) in [7, 11) is 1.86. The normalized spacial score (nSPS) is 12.9. The van der Waals surface area contributed by atoms with Gasteiger partial charge < -0.3 is 4.90 Å². The van der Waals surface area contributed by atoms with Gasteiger partial charge in [0, 0.05) is 36.4 Å². The van der Waals surface area contributed by atoms with Crippen molar-refractivity contribution in [2.24, 2.45) is 0 Å². The number of amides is 1. The molecular formula is C24H22N4O. The number of carbonyl (C=O) groups is 1. The Morgan fingerprint density at radius 3 is 2.72 bits per heavy atom. The Hall–Kier alpha value is -3.47. The highest BCUT2D eigenvalue weighted by molar-refractivity contribution is 6.07. The van der Waals surface area contributed by atoms with Gasteiger partial charge in [0.1, 0.15) is 0 Å². The number of aryl methyl sites for hydroxylation is 1. The molecule has 144 valence electrons. The highest BCUT2D eigenvalue weighted by Crippen LogP contribution is 2.31. The van der Waals surface area contributed by atoms with Crippen LogP contribution in [-0.4, -0.2) is 32.6 Å². The lowest BCUT2D eigenvalue weighted by Gasteiger charge is -2.20. The second-order valence-corrected chi connectivity index (χ2v) is 7.57. The van der Waals surface area contributed by atoms with Crippen LogP contribution in [0.5, 0.6) is 0 Å². The molecule has 0 saturated heterocycles. The van der Waals surface area contributed by atoms with Crippen molar-refractivity contribution in [3.63, 3.8) is 0 Å². The van der Waals surface area contributed by atoms with E-state index < -0.39 is 0 Å². The summed E-state index contributed by atoms with van der Waals surface area (Å²) in [6.45, 7) is 0.511. The van der Waals surface area contributed by atoms with Gasteiger partial charge in [-0.1, -0.05) is 36.4 Å². The van der Waals surface area contributed by atoms with Gasteiger partial charge in [0.25, 0.3) is 5.91 Å². The number of para-hydroxylation sites is 2. The van der Waals surface area contributed by atoms with Crippen molar-refractivity contribution >= 4 is 16.8 Å². The van der Waals surface area contributed by atoms with Crippen LogP contribution < -0.4 is 0 Å². The summed E-state index contributed by atoms with van der Waals surface area (Å²) in [5, 5.41) is 5.40. The minimum atomic E-state index is 0.0502. The lowest BCUT2D eigenvalue weighted by molar-refractivity contribution is 0.0786. The van der Waals surface area contributed by atoms with E-state index in [-0.39, 0.29) is 5.91 Å². The van der Waals surface area contributed by atoms with Crippen molar-refractivity contribution in [2.75, 3.05) is 7.05 Å². The molecular weight excluding hydrogens is 360 g/mol. The number of hydrogen-bond acceptors (Lipinski definition) is 3. The number of hydrogen-bond donors (Lipinski definition) is 0. The van der Waals surface area contributed by atoms with Gasteiger partial charge >= 0.3 is 0 Å². The number of rotatable bonds is 4. The molecule has 2 aromatic heterocycles. The van der Waals surface area contributed by atoms with Gasteiger partial charge in [-0.2, -0.15) is 5.10 Å². The monoisotopic (exact) mass is 382 g/mol. The first-order chi connectivity index (χ1) is 14.2. The van der Waals surface area contributed by atoms with Gasteiger partial charge in [0.2, 0.25) is 0 Å². The predicted octanol–water partition coefficient (Wildman–Crippen LogP) is 4.18. The Labute approximate surface area is 169 Å². The largest absolute Gasteiger partial charge is 0.337 e. The Morgan fingerprint density at radius 1 is 1.07 bits per heavy atom. The van der Waals surface area contributed by atoms with Crippen molar-refractivity contribution < 1.29 is 4.79 Å². The predicted molar refractivity (Wildman–Crippen MR) is 113 cm³/mol. The number of pyridine rings is 1. The van der Waals surface area contributed by atoms with E-state index in [0.717, 1.165) is 58.2 Å². The van der Waals surface area contributed by atoms with E-state index >= 15 is 0 Å². The molecule has 5 nitrogen and oxygen atoms in total. The van der Waals surface area contributed by atoms with E-state index in [1.54, 1.807) is 4.90 Å². The second-order valence-electron chi connectivity index (χ2n) is 7.57. The zero-order chi connectivity index (χ0) is 19.8. The number of aromatic nitrogens is 3. The van der Waals surface area contributed by atoms with Gasteiger partial charge in [0.05, 0.1) is 23.0 Å². The minimum Gasteiger partial charge on any atom is -0.337 e. The van der Waals surface area contributed by atoms with Crippen LogP contribution in [0.4, 0.5) is 0 Å². The molecule has 0 fully saturated rings. The van der Waals surface area contributed by atoms with Crippen LogP contribution in [0.25, 0.3) is 16.6 Å². The molecule has 0 bridgehead atoms. The molecule has 2 aromatic carbocycles. The van der Waals surface area contributed by atoms with Crippen LogP contribution in [0.1, 0.15) is 33.6 Å². The van der Waals surface area contributed by atoms with E-state index in [1.807, 2.05) is 78.7 Å². The van der Waals surface area contributed by atoms with Crippen LogP contribution >= 0.6 is 0 Å². The number of nitrogens with zero attached hydrogens (tertiary/aromatic N) is 4. The van der Waals surface area contributed by atoms with Crippen molar-refractivity contribution in [1.29, 1.82) is 0 Å². The number of fused-ring (bicyclic) bond motifs is 2. The quantitative estimate of drug-likeness (QED) is 0.532. The van der Waals surface area contributed by atoms with Crippen molar-refractivity contribution in [3.05, 3.63) is 89.4 Å². The fourth-order valence-electron chi connectivity index (χ4n) is 4.16. The van der Waals surface area contributed by atoms with Crippen LogP contribution in [0.2, 0.25) is 0 Å². The first kappa shape index (κ1) is 17.6. The standard InChI is InChI=1S/C24H22N4O/c1-27(15-17-14-25-28(16-17)18-8-3-2-4-9-18)24(29)23-19-10-5-6-12-21(19)26-22-13-7-11-20(22)23/h2-6,8-10,12,14,16H,7,11,13,15H2,1H3. The highest BCUT2D eigenvalue weighted by Gasteiger charge is 2.25. The molecule has 1 aliphatic rings. The Kier molecular flexibility index (Phi) is 4.35. The third kappa shape index (κ3) is 3.18. The minimum absolute atomic E-state index is 0.0502. The fourth-order valence-corrected chi connectivity index (χ4v) is 4.16. The molecule has 5 heteroatoms. The summed E-state index contributed by atoms with van der Waals surface area (Å²) in [6.07, 6.45) is 6.74. The average molecular weight is 382 g/mol. The zero-order valence-corrected chi connectivity index (χ0v) is 16.4. The molecule has 29 heavy (non-hydrogen) atoms. The Balaban J connectivity index is 1.45. The SMILES string of the molecule is CN(Cc1cnn(-c2ccccc2)c1)C(=O)c1c2c(nc3ccccc13)CCC2. The molecule has 0 saturated carbocycles. The maximum atomic E-state index is 13.5. The first-order valence-corrected chi connectivity index (χ1v) is 9.95. The second kappa shape index (κ2) is 7.17. The van der Waals surface area contributed by atoms with Gasteiger partial charge in [-0.25, -0.2) is 4.68 Å². The van der Waals surface area contributed by atoms with E-state index in [9.17, 15) is 4.79 Å². The summed E-state index contributed by atoms with van der Waals surface area (Å²) in [4.78, 5) is 20.0. The van der Waals surface area contributed by atoms with Crippen molar-refractivity contribution in [3.8, 4) is 5.69 Å². The molecule has 0 atom stereocenters. The maximum Gasteiger partial charge on any atom is 0.254 e. The molecule has 1 aliphatic carbocycles. The lowest BCUT2D eigenvalue weighted by Crippen LogP contribution is -2.27. The molecule has 2 heterocycles. The molecule has 5 rings (SSSR count). The van der Waals surface area contributed by atoms with Gasteiger partial charge in [-0.3, -0.25) is 9.78 Å². The van der Waals surface area contributed by atoms with Crippen LogP contribution in [0.3, 0.4) is 0 Å². The smallest absolute Gasteiger partial charge is 0.254 e. The van der Waals surface area contributed by atoms with Gasteiger partial charge in [-0.05, 0) is 43.0 Å². The van der Waals surface area contributed by atoms with Crippen LogP contribution in [0.15, 0.2) is 67.0 Å². The summed E-state index contributed by atoms with van der Waals surface area (Å²) >= 11 is 0. The zero-order valence-electron chi connectivity index (χ0n) is 16.4. The Bertz CT molecular complexity index is 1200. The highest BCUT2D eigenvalue weighted by atomic mass is 16.2. The average Bonchev–Trinajstić information content (AvgIpc) is 3.41. The molecule has 0 N–H and O–H groups in total. The molecule has 0 unspecified atom stereocenters. The topological polar surface area (TPSA) is 51.0 Å². The molecule has 0 radical (unpaired) electrons. The summed E-state index contributed by atoms with van der Waals surface area (Å²) in [6, 6.07) is 17.9. The fraction of sp³-hybridized carbons (Fsp3) is 0.208. The Morgan fingerprint density at radius 2 is 1.86 bits per heavy atom. The van der Waals surface area contributed by atoms with Gasteiger partial charge in [0.15, 0.2) is 0 Å². The van der Waals surface area contributed by atoms with E-state index in [1.165, 1.54) is 0 Å². The van der Waals surface area contributed by atoms with Crippen molar-refractivity contribution in [1.82, 2.24) is 19.7 Å². The van der Waals surface area contributed by atoms with Crippen LogP contribution in [0, 0.1) is 0 Å². The van der Waals surface area contributed by atoms with E-state index in [4.69, 9.17) is 4.98 Å². The summed E-state index contributed by atoms with van der Waals surface area (Å²) in [5.74, 6) is 0.0502. The molecule has 1 amide bonds. The van der Waals surface area contributed by atoms with E-state index in [0.29, 0.717) is 6.54 Å². The van der Waals surface area contributed by atoms with Crippen molar-refractivity contribution in [2.45, 2.75) is 25.8 Å². The van der Waals surface area contributed by atoms with Crippen LogP contribution in [-0.2, 0) is 19.4 Å². The first-order valence-electron chi connectivity index (χ1n) is 9.95. The summed E-state index contributed by atoms with van der Waals surface area (Å²) in [5.41, 5.74) is 5.94. The maximum absolute atomic E-state index is 13.5. The third-order valence-corrected chi connectivity index (χ3v) is 5.56.